The molecule has 0 fully saturated rings. The molecule has 0 amide bonds. The van der Waals surface area contributed by atoms with E-state index in [2.05, 4.69) is 10.1 Å². The molecule has 140 valence electrons. The van der Waals surface area contributed by atoms with Gasteiger partial charge in [-0.15, -0.1) is 5.10 Å². The van der Waals surface area contributed by atoms with Crippen LogP contribution in [0.5, 0.6) is 11.5 Å². The van der Waals surface area contributed by atoms with Crippen molar-refractivity contribution in [2.24, 2.45) is 0 Å². The smallest absolute Gasteiger partial charge is 0.291 e. The highest BCUT2D eigenvalue weighted by Gasteiger charge is 2.10. The van der Waals surface area contributed by atoms with Crippen molar-refractivity contribution in [3.05, 3.63) is 80.4 Å². The minimum Gasteiger partial charge on any atom is -0.497 e. The highest BCUT2D eigenvalue weighted by Crippen LogP contribution is 2.25. The van der Waals surface area contributed by atoms with Crippen molar-refractivity contribution < 1.29 is 9.47 Å². The molecule has 4 rings (SSSR count). The van der Waals surface area contributed by atoms with Gasteiger partial charge in [-0.2, -0.15) is 9.50 Å². The standard InChI is InChI=1S/C21H17N3O3S/c1-26-16-10-9-15(17(13-16)27-2)12-18-20(25)24-21(28-18)22-19(23-24)11-8-14-6-4-3-5-7-14/h3-13H,1-2H3. The molecule has 0 aliphatic carbocycles. The Labute approximate surface area is 165 Å². The first-order valence-corrected chi connectivity index (χ1v) is 9.36. The van der Waals surface area contributed by atoms with Crippen LogP contribution in [0.4, 0.5) is 0 Å². The molecule has 0 saturated carbocycles. The minimum absolute atomic E-state index is 0.204. The molecule has 6 nitrogen and oxygen atoms in total. The summed E-state index contributed by atoms with van der Waals surface area (Å²) in [5, 5.41) is 4.30. The van der Waals surface area contributed by atoms with Gasteiger partial charge in [0.2, 0.25) is 4.96 Å². The Hall–Kier alpha value is -3.45. The lowest BCUT2D eigenvalue weighted by molar-refractivity contribution is 0.393. The van der Waals surface area contributed by atoms with E-state index in [0.717, 1.165) is 11.1 Å². The molecule has 4 aromatic rings. The van der Waals surface area contributed by atoms with E-state index in [-0.39, 0.29) is 5.56 Å². The second kappa shape index (κ2) is 7.66. The quantitative estimate of drug-likeness (QED) is 0.523. The summed E-state index contributed by atoms with van der Waals surface area (Å²) in [6.45, 7) is 0. The third-order valence-corrected chi connectivity index (χ3v) is 5.11. The van der Waals surface area contributed by atoms with Crippen LogP contribution in [0.15, 0.2) is 53.3 Å². The molecule has 0 aliphatic rings. The van der Waals surface area contributed by atoms with Gasteiger partial charge in [0.15, 0.2) is 5.82 Å². The van der Waals surface area contributed by atoms with Crippen LogP contribution in [0.1, 0.15) is 17.0 Å². The zero-order chi connectivity index (χ0) is 19.5. The largest absolute Gasteiger partial charge is 0.497 e. The van der Waals surface area contributed by atoms with E-state index in [9.17, 15) is 4.79 Å². The molecule has 0 unspecified atom stereocenters. The molecule has 0 radical (unpaired) electrons. The van der Waals surface area contributed by atoms with Crippen LogP contribution in [0, 0.1) is 0 Å². The lowest BCUT2D eigenvalue weighted by atomic mass is 10.2. The Morgan fingerprint density at radius 2 is 1.86 bits per heavy atom. The maximum atomic E-state index is 12.7. The van der Waals surface area contributed by atoms with Crippen LogP contribution < -0.4 is 19.6 Å². The second-order valence-corrected chi connectivity index (χ2v) is 6.94. The fourth-order valence-corrected chi connectivity index (χ4v) is 3.64. The van der Waals surface area contributed by atoms with Gasteiger partial charge in [-0.1, -0.05) is 47.7 Å². The van der Waals surface area contributed by atoms with Gasteiger partial charge in [0.1, 0.15) is 11.5 Å². The molecule has 0 atom stereocenters. The Bertz CT molecular complexity index is 1260. The number of hydrogen-bond donors (Lipinski definition) is 0. The molecular formula is C21H17N3O3S. The molecule has 2 aromatic heterocycles. The first kappa shape index (κ1) is 17.9. The highest BCUT2D eigenvalue weighted by atomic mass is 32.1. The van der Waals surface area contributed by atoms with E-state index in [1.165, 1.54) is 15.9 Å². The fourth-order valence-electron chi connectivity index (χ4n) is 2.73. The maximum Gasteiger partial charge on any atom is 0.291 e. The monoisotopic (exact) mass is 391 g/mol. The van der Waals surface area contributed by atoms with Gasteiger partial charge in [-0.3, -0.25) is 4.79 Å². The van der Waals surface area contributed by atoms with Gasteiger partial charge >= 0.3 is 0 Å². The average Bonchev–Trinajstić information content (AvgIpc) is 3.26. The van der Waals surface area contributed by atoms with Gasteiger partial charge in [0, 0.05) is 11.6 Å². The van der Waals surface area contributed by atoms with Gasteiger partial charge < -0.3 is 9.47 Å². The number of benzene rings is 2. The molecule has 0 spiro atoms. The van der Waals surface area contributed by atoms with Crippen molar-refractivity contribution in [3.8, 4) is 11.5 Å². The lowest BCUT2D eigenvalue weighted by Gasteiger charge is -2.06. The van der Waals surface area contributed by atoms with Crippen LogP contribution in [0.2, 0.25) is 0 Å². The zero-order valence-electron chi connectivity index (χ0n) is 15.3. The third-order valence-electron chi connectivity index (χ3n) is 4.15. The summed E-state index contributed by atoms with van der Waals surface area (Å²) in [4.78, 5) is 17.7. The fraction of sp³-hybridized carbons (Fsp3) is 0.0952. The van der Waals surface area contributed by atoms with Gasteiger partial charge in [-0.25, -0.2) is 0 Å². The third kappa shape index (κ3) is 3.52. The summed E-state index contributed by atoms with van der Waals surface area (Å²) in [5.41, 5.74) is 1.63. The normalized spacial score (nSPS) is 12.1. The number of rotatable bonds is 5. The van der Waals surface area contributed by atoms with Crippen molar-refractivity contribution in [2.45, 2.75) is 0 Å². The molecule has 28 heavy (non-hydrogen) atoms. The SMILES string of the molecule is COc1ccc(C=c2sc3nc(C=Cc4ccccc4)nn3c2=O)c(OC)c1. The van der Waals surface area contributed by atoms with Gasteiger partial charge in [0.25, 0.3) is 5.56 Å². The number of hydrogen-bond acceptors (Lipinski definition) is 6. The van der Waals surface area contributed by atoms with Crippen LogP contribution in [-0.4, -0.2) is 28.8 Å². The molecule has 7 heteroatoms. The van der Waals surface area contributed by atoms with Gasteiger partial charge in [0.05, 0.1) is 18.8 Å². The first-order valence-electron chi connectivity index (χ1n) is 8.54. The Morgan fingerprint density at radius 3 is 2.57 bits per heavy atom. The molecular weight excluding hydrogens is 374 g/mol. The van der Waals surface area contributed by atoms with Crippen molar-refractivity contribution >= 4 is 34.5 Å². The molecule has 0 saturated heterocycles. The van der Waals surface area contributed by atoms with E-state index in [4.69, 9.17) is 9.47 Å². The zero-order valence-corrected chi connectivity index (χ0v) is 16.1. The second-order valence-electron chi connectivity index (χ2n) is 5.93. The van der Waals surface area contributed by atoms with E-state index in [1.54, 1.807) is 32.4 Å². The number of thiazole rings is 1. The van der Waals surface area contributed by atoms with Crippen LogP contribution in [-0.2, 0) is 0 Å². The van der Waals surface area contributed by atoms with Crippen LogP contribution in [0.25, 0.3) is 23.2 Å². The summed E-state index contributed by atoms with van der Waals surface area (Å²) in [5.74, 6) is 1.82. The predicted molar refractivity (Wildman–Crippen MR) is 111 cm³/mol. The molecule has 0 N–H and O–H groups in total. The number of aromatic nitrogens is 3. The van der Waals surface area contributed by atoms with Crippen LogP contribution >= 0.6 is 11.3 Å². The number of ether oxygens (including phenoxy) is 2. The summed E-state index contributed by atoms with van der Waals surface area (Å²) in [6.07, 6.45) is 5.49. The summed E-state index contributed by atoms with van der Waals surface area (Å²) in [6, 6.07) is 15.3. The lowest BCUT2D eigenvalue weighted by Crippen LogP contribution is -2.23. The molecule has 0 aliphatic heterocycles. The van der Waals surface area contributed by atoms with Crippen molar-refractivity contribution in [3.63, 3.8) is 0 Å². The summed E-state index contributed by atoms with van der Waals surface area (Å²) < 4.78 is 12.5. The highest BCUT2D eigenvalue weighted by molar-refractivity contribution is 7.15. The maximum absolute atomic E-state index is 12.7. The number of nitrogens with zero attached hydrogens (tertiary/aromatic N) is 3. The summed E-state index contributed by atoms with van der Waals surface area (Å²) >= 11 is 1.29. The van der Waals surface area contributed by atoms with E-state index < -0.39 is 0 Å². The molecule has 2 aromatic carbocycles. The molecule has 2 heterocycles. The predicted octanol–water partition coefficient (Wildman–Crippen LogP) is 2.89. The molecule has 0 bridgehead atoms. The Balaban J connectivity index is 1.70. The van der Waals surface area contributed by atoms with E-state index >= 15 is 0 Å². The summed E-state index contributed by atoms with van der Waals surface area (Å²) in [7, 11) is 3.18. The Morgan fingerprint density at radius 1 is 1.04 bits per heavy atom. The minimum atomic E-state index is -0.204. The Kier molecular flexibility index (Phi) is 4.90. The van der Waals surface area contributed by atoms with Crippen molar-refractivity contribution in [2.75, 3.05) is 14.2 Å². The van der Waals surface area contributed by atoms with Gasteiger partial charge in [-0.05, 0) is 29.8 Å². The first-order chi connectivity index (χ1) is 13.7. The number of methoxy groups -OCH3 is 2. The van der Waals surface area contributed by atoms with Crippen LogP contribution in [0.3, 0.4) is 0 Å². The topological polar surface area (TPSA) is 65.7 Å². The number of fused-ring (bicyclic) bond motifs is 1. The van der Waals surface area contributed by atoms with Crippen molar-refractivity contribution in [1.82, 2.24) is 14.6 Å². The average molecular weight is 391 g/mol. The van der Waals surface area contributed by atoms with E-state index in [1.807, 2.05) is 48.5 Å². The van der Waals surface area contributed by atoms with Crippen molar-refractivity contribution in [1.29, 1.82) is 0 Å². The van der Waals surface area contributed by atoms with E-state index in [0.29, 0.717) is 26.8 Å².